The highest BCUT2D eigenvalue weighted by Gasteiger charge is 2.32. The molecule has 0 aliphatic heterocycles. The maximum Gasteiger partial charge on any atom is 0.411 e. The summed E-state index contributed by atoms with van der Waals surface area (Å²) in [5.74, 6) is 0.682. The molecular formula is C11H21F3N2O. The van der Waals surface area contributed by atoms with Crippen LogP contribution in [0.2, 0.25) is 0 Å². The van der Waals surface area contributed by atoms with Gasteiger partial charge in [-0.1, -0.05) is 0 Å². The van der Waals surface area contributed by atoms with Gasteiger partial charge in [0.2, 0.25) is 0 Å². The third-order valence-corrected chi connectivity index (χ3v) is 3.04. The van der Waals surface area contributed by atoms with Crippen molar-refractivity contribution in [1.82, 2.24) is 4.90 Å². The highest BCUT2D eigenvalue weighted by Crippen LogP contribution is 2.34. The van der Waals surface area contributed by atoms with Crippen LogP contribution >= 0.6 is 0 Å². The Labute approximate surface area is 100 Å². The van der Waals surface area contributed by atoms with Gasteiger partial charge in [0.25, 0.3) is 0 Å². The van der Waals surface area contributed by atoms with Crippen LogP contribution in [0.15, 0.2) is 0 Å². The largest absolute Gasteiger partial charge is 0.411 e. The predicted molar refractivity (Wildman–Crippen MR) is 59.7 cm³/mol. The van der Waals surface area contributed by atoms with Crippen molar-refractivity contribution in [2.45, 2.75) is 31.5 Å². The average molecular weight is 254 g/mol. The lowest BCUT2D eigenvalue weighted by molar-refractivity contribution is -0.174. The van der Waals surface area contributed by atoms with E-state index >= 15 is 0 Å². The molecule has 0 saturated heterocycles. The highest BCUT2D eigenvalue weighted by molar-refractivity contribution is 4.87. The molecular weight excluding hydrogens is 233 g/mol. The molecule has 0 aromatic rings. The van der Waals surface area contributed by atoms with Crippen LogP contribution < -0.4 is 5.73 Å². The molecule has 1 aliphatic rings. The van der Waals surface area contributed by atoms with Crippen molar-refractivity contribution in [3.05, 3.63) is 0 Å². The number of halogens is 3. The minimum absolute atomic E-state index is 0.145. The SMILES string of the molecule is CN(CCCOCC(F)(F)F)C(CN)C1CC1. The van der Waals surface area contributed by atoms with Gasteiger partial charge < -0.3 is 15.4 Å². The van der Waals surface area contributed by atoms with Crippen LogP contribution in [0, 0.1) is 5.92 Å². The number of nitrogens with two attached hydrogens (primary N) is 1. The zero-order valence-corrected chi connectivity index (χ0v) is 10.2. The lowest BCUT2D eigenvalue weighted by Crippen LogP contribution is -2.40. The Morgan fingerprint density at radius 3 is 2.53 bits per heavy atom. The van der Waals surface area contributed by atoms with Crippen LogP contribution in [0.25, 0.3) is 0 Å². The molecule has 0 heterocycles. The standard InChI is InChI=1S/C11H21F3N2O/c1-16(10(7-15)9-3-4-9)5-2-6-17-8-11(12,13)14/h9-10H,2-8,15H2,1H3. The first kappa shape index (κ1) is 14.7. The maximum atomic E-state index is 11.8. The van der Waals surface area contributed by atoms with E-state index in [4.69, 9.17) is 5.73 Å². The summed E-state index contributed by atoms with van der Waals surface area (Å²) < 4.78 is 39.9. The van der Waals surface area contributed by atoms with Crippen molar-refractivity contribution in [2.75, 3.05) is 33.4 Å². The smallest absolute Gasteiger partial charge is 0.372 e. The Hall–Kier alpha value is -0.330. The summed E-state index contributed by atoms with van der Waals surface area (Å²) in [7, 11) is 1.97. The van der Waals surface area contributed by atoms with Gasteiger partial charge in [-0.05, 0) is 32.2 Å². The van der Waals surface area contributed by atoms with Gasteiger partial charge in [0.1, 0.15) is 6.61 Å². The molecule has 2 N–H and O–H groups in total. The number of nitrogens with zero attached hydrogens (tertiary/aromatic N) is 1. The van der Waals surface area contributed by atoms with Crippen LogP contribution in [0.5, 0.6) is 0 Å². The Morgan fingerprint density at radius 1 is 1.41 bits per heavy atom. The summed E-state index contributed by atoms with van der Waals surface area (Å²) in [5.41, 5.74) is 5.68. The molecule has 1 saturated carbocycles. The minimum atomic E-state index is -4.22. The molecule has 0 aromatic heterocycles. The molecule has 1 atom stereocenters. The van der Waals surface area contributed by atoms with Crippen LogP contribution in [0.4, 0.5) is 13.2 Å². The zero-order valence-electron chi connectivity index (χ0n) is 10.2. The summed E-state index contributed by atoms with van der Waals surface area (Å²) in [6, 6.07) is 0.373. The molecule has 1 aliphatic carbocycles. The van der Waals surface area contributed by atoms with E-state index in [2.05, 4.69) is 9.64 Å². The van der Waals surface area contributed by atoms with Crippen molar-refractivity contribution < 1.29 is 17.9 Å². The van der Waals surface area contributed by atoms with E-state index in [-0.39, 0.29) is 6.61 Å². The fraction of sp³-hybridized carbons (Fsp3) is 1.00. The second-order valence-corrected chi connectivity index (χ2v) is 4.64. The molecule has 6 heteroatoms. The number of likely N-dealkylation sites (N-methyl/N-ethyl adjacent to an activating group) is 1. The third kappa shape index (κ3) is 6.24. The minimum Gasteiger partial charge on any atom is -0.372 e. The molecule has 0 amide bonds. The molecule has 17 heavy (non-hydrogen) atoms. The third-order valence-electron chi connectivity index (χ3n) is 3.04. The van der Waals surface area contributed by atoms with E-state index in [1.807, 2.05) is 7.05 Å². The van der Waals surface area contributed by atoms with E-state index in [0.29, 0.717) is 24.9 Å². The first-order valence-corrected chi connectivity index (χ1v) is 5.99. The predicted octanol–water partition coefficient (Wildman–Crippen LogP) is 1.62. The molecule has 102 valence electrons. The van der Waals surface area contributed by atoms with Crippen LogP contribution in [-0.4, -0.2) is 50.5 Å². The number of ether oxygens (including phenoxy) is 1. The van der Waals surface area contributed by atoms with E-state index in [1.54, 1.807) is 0 Å². The number of hydrogen-bond donors (Lipinski definition) is 1. The Morgan fingerprint density at radius 2 is 2.06 bits per heavy atom. The quantitative estimate of drug-likeness (QED) is 0.669. The fourth-order valence-electron chi connectivity index (χ4n) is 1.98. The van der Waals surface area contributed by atoms with Gasteiger partial charge >= 0.3 is 6.18 Å². The molecule has 0 spiro atoms. The second-order valence-electron chi connectivity index (χ2n) is 4.64. The van der Waals surface area contributed by atoms with E-state index in [0.717, 1.165) is 6.54 Å². The van der Waals surface area contributed by atoms with E-state index in [9.17, 15) is 13.2 Å². The lowest BCUT2D eigenvalue weighted by Gasteiger charge is -2.26. The monoisotopic (exact) mass is 254 g/mol. The number of hydrogen-bond acceptors (Lipinski definition) is 3. The van der Waals surface area contributed by atoms with E-state index in [1.165, 1.54) is 12.8 Å². The maximum absolute atomic E-state index is 11.8. The molecule has 3 nitrogen and oxygen atoms in total. The van der Waals surface area contributed by atoms with Gasteiger partial charge in [0.15, 0.2) is 0 Å². The zero-order chi connectivity index (χ0) is 12.9. The van der Waals surface area contributed by atoms with Crippen LogP contribution in [-0.2, 0) is 4.74 Å². The first-order chi connectivity index (χ1) is 7.94. The lowest BCUT2D eigenvalue weighted by atomic mass is 10.1. The van der Waals surface area contributed by atoms with Gasteiger partial charge in [-0.3, -0.25) is 0 Å². The molecule has 0 bridgehead atoms. The van der Waals surface area contributed by atoms with Crippen LogP contribution in [0.3, 0.4) is 0 Å². The molecule has 0 radical (unpaired) electrons. The molecule has 1 fully saturated rings. The van der Waals surface area contributed by atoms with Crippen molar-refractivity contribution in [3.63, 3.8) is 0 Å². The van der Waals surface area contributed by atoms with Crippen molar-refractivity contribution in [3.8, 4) is 0 Å². The Balaban J connectivity index is 2.05. The van der Waals surface area contributed by atoms with Gasteiger partial charge in [-0.2, -0.15) is 13.2 Å². The summed E-state index contributed by atoms with van der Waals surface area (Å²) in [6.07, 6.45) is -1.18. The Bertz CT molecular complexity index is 219. The van der Waals surface area contributed by atoms with Gasteiger partial charge in [-0.15, -0.1) is 0 Å². The Kier molecular flexibility index (Phi) is 5.69. The normalized spacial score (nSPS) is 18.7. The van der Waals surface area contributed by atoms with Crippen molar-refractivity contribution in [2.24, 2.45) is 11.7 Å². The van der Waals surface area contributed by atoms with Gasteiger partial charge in [0, 0.05) is 25.7 Å². The van der Waals surface area contributed by atoms with Crippen LogP contribution in [0.1, 0.15) is 19.3 Å². The van der Waals surface area contributed by atoms with Crippen molar-refractivity contribution >= 4 is 0 Å². The summed E-state index contributed by atoms with van der Waals surface area (Å²) in [6.45, 7) is 0.340. The molecule has 0 aromatic carbocycles. The van der Waals surface area contributed by atoms with Crippen molar-refractivity contribution in [1.29, 1.82) is 0 Å². The van der Waals surface area contributed by atoms with E-state index < -0.39 is 12.8 Å². The first-order valence-electron chi connectivity index (χ1n) is 5.99. The molecule has 1 unspecified atom stereocenters. The topological polar surface area (TPSA) is 38.5 Å². The second kappa shape index (κ2) is 6.56. The molecule has 1 rings (SSSR count). The fourth-order valence-corrected chi connectivity index (χ4v) is 1.98. The highest BCUT2D eigenvalue weighted by atomic mass is 19.4. The number of rotatable bonds is 8. The summed E-state index contributed by atoms with van der Waals surface area (Å²) in [4.78, 5) is 2.13. The summed E-state index contributed by atoms with van der Waals surface area (Å²) in [5, 5.41) is 0. The van der Waals surface area contributed by atoms with Gasteiger partial charge in [0.05, 0.1) is 0 Å². The average Bonchev–Trinajstić information content (AvgIpc) is 3.01. The van der Waals surface area contributed by atoms with Gasteiger partial charge in [-0.25, -0.2) is 0 Å². The number of alkyl halides is 3. The summed E-state index contributed by atoms with van der Waals surface area (Å²) >= 11 is 0.